The minimum Gasteiger partial charge on any atom is -0.756 e. The van der Waals surface area contributed by atoms with Crippen molar-refractivity contribution in [3.05, 3.63) is 12.2 Å². The molecule has 0 saturated heterocycles. The van der Waals surface area contributed by atoms with E-state index in [1.165, 1.54) is 173 Å². The van der Waals surface area contributed by atoms with E-state index in [4.69, 9.17) is 9.05 Å². The third kappa shape index (κ3) is 43.1. The molecule has 3 unspecified atom stereocenters. The van der Waals surface area contributed by atoms with Crippen molar-refractivity contribution in [2.24, 2.45) is 0 Å². The number of hydrogen-bond donors (Lipinski definition) is 2. The Bertz CT molecular complexity index is 942. The molecule has 2 N–H and O–H groups in total. The summed E-state index contributed by atoms with van der Waals surface area (Å²) in [6.07, 6.45) is 46.4. The minimum atomic E-state index is -4.56. The van der Waals surface area contributed by atoms with Crippen LogP contribution in [0.25, 0.3) is 0 Å². The summed E-state index contributed by atoms with van der Waals surface area (Å²) in [5.74, 6) is -0.167. The normalized spacial score (nSPS) is 14.3. The lowest BCUT2D eigenvalue weighted by Crippen LogP contribution is -2.46. The van der Waals surface area contributed by atoms with E-state index in [9.17, 15) is 19.4 Å². The Hall–Kier alpha value is -0.760. The van der Waals surface area contributed by atoms with Gasteiger partial charge in [0.15, 0.2) is 0 Å². The molecule has 8 nitrogen and oxygen atoms in total. The SMILES string of the molecule is CCCCCCCC/C=C\CCCCCCCCCC(=O)NC(COP(=O)([O-])OCC[N+](C)(C)C)C(O)CCCCCCCCCCCCCCCCCCCC. The maximum Gasteiger partial charge on any atom is 0.268 e. The first kappa shape index (κ1) is 56.2. The lowest BCUT2D eigenvalue weighted by molar-refractivity contribution is -0.870. The van der Waals surface area contributed by atoms with Crippen LogP contribution in [0.3, 0.4) is 0 Å². The van der Waals surface area contributed by atoms with E-state index in [-0.39, 0.29) is 19.1 Å². The number of phosphoric ester groups is 1. The van der Waals surface area contributed by atoms with Gasteiger partial charge in [0.2, 0.25) is 5.91 Å². The first-order chi connectivity index (χ1) is 27.5. The molecule has 0 saturated carbocycles. The summed E-state index contributed by atoms with van der Waals surface area (Å²) < 4.78 is 23.3. The largest absolute Gasteiger partial charge is 0.756 e. The Morgan fingerprint density at radius 1 is 0.596 bits per heavy atom. The Labute approximate surface area is 354 Å². The lowest BCUT2D eigenvalue weighted by Gasteiger charge is -2.30. The van der Waals surface area contributed by atoms with Gasteiger partial charge in [0.1, 0.15) is 13.2 Å². The van der Waals surface area contributed by atoms with Gasteiger partial charge >= 0.3 is 0 Å². The highest BCUT2D eigenvalue weighted by molar-refractivity contribution is 7.45. The number of rotatable bonds is 45. The van der Waals surface area contributed by atoms with Gasteiger partial charge in [0.05, 0.1) is 39.9 Å². The number of aliphatic hydroxyl groups is 1. The molecule has 0 spiro atoms. The zero-order valence-electron chi connectivity index (χ0n) is 38.6. The molecule has 0 radical (unpaired) electrons. The van der Waals surface area contributed by atoms with Crippen molar-refractivity contribution in [3.63, 3.8) is 0 Å². The van der Waals surface area contributed by atoms with Crippen LogP contribution in [-0.4, -0.2) is 68.5 Å². The predicted octanol–water partition coefficient (Wildman–Crippen LogP) is 13.3. The first-order valence-corrected chi connectivity index (χ1v) is 26.0. The molecule has 0 heterocycles. The maximum absolute atomic E-state index is 12.9. The van der Waals surface area contributed by atoms with Crippen LogP contribution >= 0.6 is 7.82 Å². The number of nitrogens with zero attached hydrogens (tertiary/aromatic N) is 1. The molecule has 0 aromatic rings. The number of phosphoric acid groups is 1. The number of aliphatic hydroxyl groups excluding tert-OH is 1. The van der Waals surface area contributed by atoms with Crippen LogP contribution in [-0.2, 0) is 18.4 Å². The fourth-order valence-corrected chi connectivity index (χ4v) is 8.05. The molecule has 0 aromatic carbocycles. The molecule has 0 aromatic heterocycles. The molecule has 0 rings (SSSR count). The predicted molar refractivity (Wildman–Crippen MR) is 242 cm³/mol. The van der Waals surface area contributed by atoms with Crippen molar-refractivity contribution in [1.29, 1.82) is 0 Å². The molecule has 0 fully saturated rings. The average molecular weight is 829 g/mol. The molecule has 1 amide bonds. The molecule has 0 aliphatic heterocycles. The van der Waals surface area contributed by atoms with Gasteiger partial charge in [-0.2, -0.15) is 0 Å². The summed E-state index contributed by atoms with van der Waals surface area (Å²) in [6, 6.07) is -0.799. The number of nitrogens with one attached hydrogen (secondary N) is 1. The van der Waals surface area contributed by atoms with Crippen LogP contribution in [0.15, 0.2) is 12.2 Å². The van der Waals surface area contributed by atoms with Gasteiger partial charge in [-0.1, -0.05) is 206 Å². The highest BCUT2D eigenvalue weighted by Crippen LogP contribution is 2.38. The summed E-state index contributed by atoms with van der Waals surface area (Å²) >= 11 is 0. The summed E-state index contributed by atoms with van der Waals surface area (Å²) in [4.78, 5) is 25.4. The number of unbranched alkanes of at least 4 members (excludes halogenated alkanes) is 30. The summed E-state index contributed by atoms with van der Waals surface area (Å²) in [7, 11) is 1.31. The van der Waals surface area contributed by atoms with Crippen molar-refractivity contribution in [2.45, 2.75) is 251 Å². The average Bonchev–Trinajstić information content (AvgIpc) is 3.16. The third-order valence-electron chi connectivity index (χ3n) is 11.3. The van der Waals surface area contributed by atoms with Crippen molar-refractivity contribution in [1.82, 2.24) is 5.32 Å². The third-order valence-corrected chi connectivity index (χ3v) is 12.2. The molecule has 3 atom stereocenters. The number of quaternary nitrogens is 1. The zero-order chi connectivity index (χ0) is 42.1. The van der Waals surface area contributed by atoms with E-state index >= 15 is 0 Å². The minimum absolute atomic E-state index is 0.0134. The van der Waals surface area contributed by atoms with E-state index in [1.807, 2.05) is 21.1 Å². The van der Waals surface area contributed by atoms with E-state index in [1.54, 1.807) is 0 Å². The Balaban J connectivity index is 4.29. The van der Waals surface area contributed by atoms with Crippen LogP contribution < -0.4 is 10.2 Å². The Morgan fingerprint density at radius 3 is 1.37 bits per heavy atom. The smallest absolute Gasteiger partial charge is 0.268 e. The molecule has 9 heteroatoms. The molecule has 0 bridgehead atoms. The van der Waals surface area contributed by atoms with Gasteiger partial charge in [0, 0.05) is 6.42 Å². The first-order valence-electron chi connectivity index (χ1n) is 24.5. The topological polar surface area (TPSA) is 108 Å². The standard InChI is InChI=1S/C48H97N2O6P/c1-6-8-10-12-14-16-18-20-22-24-26-27-29-31-33-35-37-39-41-47(51)46(45-56-57(53,54)55-44-43-50(3,4)5)49-48(52)42-40-38-36-34-32-30-28-25-23-21-19-17-15-13-11-9-7-2/h21,23,46-47,51H,6-20,22,24-45H2,1-5H3,(H-,49,52,53,54)/b23-21-. The number of carbonyl (C=O) groups excluding carboxylic acids is 1. The van der Waals surface area contributed by atoms with Gasteiger partial charge in [-0.25, -0.2) is 0 Å². The second-order valence-electron chi connectivity index (χ2n) is 18.2. The highest BCUT2D eigenvalue weighted by atomic mass is 31.2. The molecular weight excluding hydrogens is 732 g/mol. The monoisotopic (exact) mass is 829 g/mol. The quantitative estimate of drug-likeness (QED) is 0.0274. The lowest BCUT2D eigenvalue weighted by atomic mass is 10.0. The summed E-state index contributed by atoms with van der Waals surface area (Å²) in [6.45, 7) is 4.74. The van der Waals surface area contributed by atoms with E-state index < -0.39 is 20.0 Å². The highest BCUT2D eigenvalue weighted by Gasteiger charge is 2.24. The number of amides is 1. The molecule has 340 valence electrons. The van der Waals surface area contributed by atoms with Crippen molar-refractivity contribution in [3.8, 4) is 0 Å². The number of allylic oxidation sites excluding steroid dienone is 2. The van der Waals surface area contributed by atoms with E-state index in [0.29, 0.717) is 23.9 Å². The van der Waals surface area contributed by atoms with Crippen LogP contribution in [0, 0.1) is 0 Å². The van der Waals surface area contributed by atoms with Crippen molar-refractivity contribution >= 4 is 13.7 Å². The van der Waals surface area contributed by atoms with Gasteiger partial charge in [0.25, 0.3) is 7.82 Å². The van der Waals surface area contributed by atoms with Gasteiger partial charge < -0.3 is 28.8 Å². The molecular formula is C48H97N2O6P. The van der Waals surface area contributed by atoms with E-state index in [2.05, 4.69) is 31.3 Å². The Kier molecular flexibility index (Phi) is 40.1. The number of carbonyl (C=O) groups is 1. The van der Waals surface area contributed by atoms with Crippen LogP contribution in [0.5, 0.6) is 0 Å². The van der Waals surface area contributed by atoms with Crippen molar-refractivity contribution in [2.75, 3.05) is 40.9 Å². The van der Waals surface area contributed by atoms with Crippen LogP contribution in [0.2, 0.25) is 0 Å². The zero-order valence-corrected chi connectivity index (χ0v) is 39.5. The van der Waals surface area contributed by atoms with Gasteiger partial charge in [-0.15, -0.1) is 0 Å². The Morgan fingerprint density at radius 2 is 0.965 bits per heavy atom. The molecule has 57 heavy (non-hydrogen) atoms. The summed E-state index contributed by atoms with van der Waals surface area (Å²) in [5, 5.41) is 14.0. The fourth-order valence-electron chi connectivity index (χ4n) is 7.33. The second kappa shape index (κ2) is 40.6. The van der Waals surface area contributed by atoms with Gasteiger partial charge in [-0.3, -0.25) is 9.36 Å². The van der Waals surface area contributed by atoms with Crippen molar-refractivity contribution < 1.29 is 32.9 Å². The fraction of sp³-hybridized carbons (Fsp3) is 0.938. The molecule has 0 aliphatic carbocycles. The maximum atomic E-state index is 12.9. The number of likely N-dealkylation sites (N-methyl/N-ethyl adjacent to an activating group) is 1. The van der Waals surface area contributed by atoms with E-state index in [0.717, 1.165) is 38.5 Å². The van der Waals surface area contributed by atoms with Crippen LogP contribution in [0.1, 0.15) is 239 Å². The number of hydrogen-bond acceptors (Lipinski definition) is 6. The van der Waals surface area contributed by atoms with Gasteiger partial charge in [-0.05, 0) is 38.5 Å². The summed E-state index contributed by atoms with van der Waals surface area (Å²) in [5.41, 5.74) is 0. The molecule has 0 aliphatic rings. The van der Waals surface area contributed by atoms with Crippen LogP contribution in [0.4, 0.5) is 0 Å². The second-order valence-corrected chi connectivity index (χ2v) is 19.6.